The molecule has 0 aliphatic carbocycles. The summed E-state index contributed by atoms with van der Waals surface area (Å²) in [5, 5.41) is 7.40. The molecule has 0 aliphatic rings. The van der Waals surface area contributed by atoms with Gasteiger partial charge in [-0.1, -0.05) is 72.8 Å². The highest BCUT2D eigenvalue weighted by Crippen LogP contribution is 2.42. The number of nitrogens with zero attached hydrogens (tertiary/aromatic N) is 4. The summed E-state index contributed by atoms with van der Waals surface area (Å²) < 4.78 is 4.76. The molecular formula is C36H22N4. The molecule has 4 nitrogen and oxygen atoms in total. The van der Waals surface area contributed by atoms with Crippen LogP contribution in [0.1, 0.15) is 0 Å². The van der Waals surface area contributed by atoms with Crippen LogP contribution in [-0.2, 0) is 0 Å². The van der Waals surface area contributed by atoms with Crippen molar-refractivity contribution in [3.8, 4) is 17.1 Å². The summed E-state index contributed by atoms with van der Waals surface area (Å²) in [5.74, 6) is 0.900. The smallest absolute Gasteiger partial charge is 0.138 e. The summed E-state index contributed by atoms with van der Waals surface area (Å²) in [6.07, 6.45) is 3.63. The molecule has 0 saturated carbocycles. The first-order valence-electron chi connectivity index (χ1n) is 13.5. The Bertz CT molecular complexity index is 2430. The highest BCUT2D eigenvalue weighted by Gasteiger charge is 2.20. The molecule has 40 heavy (non-hydrogen) atoms. The summed E-state index contributed by atoms with van der Waals surface area (Å²) in [6, 6.07) is 43.3. The van der Waals surface area contributed by atoms with E-state index in [-0.39, 0.29) is 0 Å². The largest absolute Gasteiger partial charge is 0.309 e. The van der Waals surface area contributed by atoms with Gasteiger partial charge in [0.25, 0.3) is 0 Å². The van der Waals surface area contributed by atoms with E-state index in [4.69, 9.17) is 4.98 Å². The van der Waals surface area contributed by atoms with E-state index in [9.17, 15) is 0 Å². The predicted octanol–water partition coefficient (Wildman–Crippen LogP) is 8.95. The molecule has 0 bridgehead atoms. The number of benzene rings is 4. The zero-order chi connectivity index (χ0) is 26.2. The van der Waals surface area contributed by atoms with E-state index in [1.807, 2.05) is 24.5 Å². The SMILES string of the molecule is c1cc(-c2ccncc2)nc(-n2c3ccccc3c3ccc4c(c5ccccc5n5c6ccccc6cc45)c32)c1. The lowest BCUT2D eigenvalue weighted by molar-refractivity contribution is 1.09. The first kappa shape index (κ1) is 21.5. The van der Waals surface area contributed by atoms with E-state index in [0.29, 0.717) is 0 Å². The lowest BCUT2D eigenvalue weighted by Gasteiger charge is -2.14. The van der Waals surface area contributed by atoms with Gasteiger partial charge in [0.15, 0.2) is 0 Å². The van der Waals surface area contributed by atoms with E-state index in [0.717, 1.165) is 22.6 Å². The molecule has 0 atom stereocenters. The fourth-order valence-electron chi connectivity index (χ4n) is 6.51. The van der Waals surface area contributed by atoms with Crippen molar-refractivity contribution in [2.24, 2.45) is 0 Å². The molecule has 0 N–H and O–H groups in total. The molecular weight excluding hydrogens is 488 g/mol. The first-order valence-corrected chi connectivity index (χ1v) is 13.5. The third-order valence-corrected chi connectivity index (χ3v) is 8.18. The first-order chi connectivity index (χ1) is 19.9. The summed E-state index contributed by atoms with van der Waals surface area (Å²) in [6.45, 7) is 0. The Morgan fingerprint density at radius 1 is 0.500 bits per heavy atom. The van der Waals surface area contributed by atoms with E-state index < -0.39 is 0 Å². The van der Waals surface area contributed by atoms with Gasteiger partial charge in [0.1, 0.15) is 5.82 Å². The number of fused-ring (bicyclic) bond motifs is 12. The molecule has 5 aromatic heterocycles. The van der Waals surface area contributed by atoms with Gasteiger partial charge in [-0.3, -0.25) is 9.55 Å². The van der Waals surface area contributed by atoms with Crippen molar-refractivity contribution in [1.29, 1.82) is 0 Å². The van der Waals surface area contributed by atoms with Crippen LogP contribution in [0.2, 0.25) is 0 Å². The van der Waals surface area contributed by atoms with Crippen molar-refractivity contribution in [2.75, 3.05) is 0 Å². The van der Waals surface area contributed by atoms with Crippen molar-refractivity contribution in [2.45, 2.75) is 0 Å². The van der Waals surface area contributed by atoms with Crippen LogP contribution in [0.15, 0.2) is 134 Å². The van der Waals surface area contributed by atoms with E-state index in [2.05, 4.69) is 123 Å². The van der Waals surface area contributed by atoms with Crippen LogP contribution in [-0.4, -0.2) is 18.9 Å². The van der Waals surface area contributed by atoms with E-state index >= 15 is 0 Å². The molecule has 0 amide bonds. The lowest BCUT2D eigenvalue weighted by Crippen LogP contribution is -2.00. The van der Waals surface area contributed by atoms with Gasteiger partial charge in [-0.15, -0.1) is 0 Å². The quantitative estimate of drug-likeness (QED) is 0.218. The Balaban J connectivity index is 1.51. The van der Waals surface area contributed by atoms with E-state index in [1.54, 1.807) is 0 Å². The standard InChI is InChI=1S/C36H22N4/c1-4-12-30-24(8-1)22-33-28-17-16-26-25-9-2-5-13-31(25)40(34-15-7-11-29(38-34)23-18-20-37-21-19-23)36(26)35(28)27-10-3-6-14-32(27)39(30)33/h1-22H. The Kier molecular flexibility index (Phi) is 4.30. The molecule has 0 aliphatic heterocycles. The molecule has 0 unspecified atom stereocenters. The maximum absolute atomic E-state index is 5.20. The third-order valence-electron chi connectivity index (χ3n) is 8.18. The Labute approximate surface area is 229 Å². The van der Waals surface area contributed by atoms with Crippen molar-refractivity contribution in [3.05, 3.63) is 134 Å². The van der Waals surface area contributed by atoms with E-state index in [1.165, 1.54) is 54.4 Å². The molecule has 0 spiro atoms. The average molecular weight is 511 g/mol. The lowest BCUT2D eigenvalue weighted by atomic mass is 10.0. The van der Waals surface area contributed by atoms with Crippen molar-refractivity contribution in [1.82, 2.24) is 18.9 Å². The van der Waals surface area contributed by atoms with Gasteiger partial charge in [-0.25, -0.2) is 4.98 Å². The molecule has 9 aromatic rings. The van der Waals surface area contributed by atoms with Gasteiger partial charge in [0.2, 0.25) is 0 Å². The molecule has 0 fully saturated rings. The monoisotopic (exact) mass is 510 g/mol. The van der Waals surface area contributed by atoms with Crippen LogP contribution in [0, 0.1) is 0 Å². The fraction of sp³-hybridized carbons (Fsp3) is 0. The number of rotatable bonds is 2. The minimum absolute atomic E-state index is 0.900. The molecule has 5 heterocycles. The van der Waals surface area contributed by atoms with Crippen LogP contribution in [0.25, 0.3) is 77.0 Å². The molecule has 9 rings (SSSR count). The highest BCUT2D eigenvalue weighted by molar-refractivity contribution is 6.28. The van der Waals surface area contributed by atoms with Gasteiger partial charge >= 0.3 is 0 Å². The molecule has 0 radical (unpaired) electrons. The molecule has 186 valence electrons. The minimum Gasteiger partial charge on any atom is -0.309 e. The van der Waals surface area contributed by atoms with Gasteiger partial charge < -0.3 is 4.40 Å². The average Bonchev–Trinajstić information content (AvgIpc) is 3.58. The number of pyridine rings is 3. The summed E-state index contributed by atoms with van der Waals surface area (Å²) in [4.78, 5) is 9.39. The number of hydrogen-bond donors (Lipinski definition) is 0. The Morgan fingerprint density at radius 2 is 1.20 bits per heavy atom. The normalized spacial score (nSPS) is 12.0. The fourth-order valence-corrected chi connectivity index (χ4v) is 6.51. The second kappa shape index (κ2) is 8.01. The second-order valence-corrected chi connectivity index (χ2v) is 10.3. The van der Waals surface area contributed by atoms with Crippen LogP contribution in [0.3, 0.4) is 0 Å². The number of aromatic nitrogens is 4. The summed E-state index contributed by atoms with van der Waals surface area (Å²) in [7, 11) is 0. The van der Waals surface area contributed by atoms with Crippen molar-refractivity contribution >= 4 is 59.9 Å². The van der Waals surface area contributed by atoms with Crippen molar-refractivity contribution in [3.63, 3.8) is 0 Å². The maximum Gasteiger partial charge on any atom is 0.138 e. The number of hydrogen-bond acceptors (Lipinski definition) is 2. The molecule has 4 heteroatoms. The predicted molar refractivity (Wildman–Crippen MR) is 165 cm³/mol. The Morgan fingerprint density at radius 3 is 2.08 bits per heavy atom. The minimum atomic E-state index is 0.900. The zero-order valence-electron chi connectivity index (χ0n) is 21.5. The molecule has 0 saturated heterocycles. The topological polar surface area (TPSA) is 35.1 Å². The van der Waals surface area contributed by atoms with Gasteiger partial charge in [0, 0.05) is 50.3 Å². The Hall–Kier alpha value is -5.48. The molecule has 4 aromatic carbocycles. The number of para-hydroxylation sites is 3. The highest BCUT2D eigenvalue weighted by atomic mass is 15.1. The van der Waals surface area contributed by atoms with Crippen LogP contribution in [0.5, 0.6) is 0 Å². The van der Waals surface area contributed by atoms with Crippen LogP contribution < -0.4 is 0 Å². The third kappa shape index (κ3) is 2.85. The van der Waals surface area contributed by atoms with Crippen LogP contribution in [0.4, 0.5) is 0 Å². The maximum atomic E-state index is 5.20. The summed E-state index contributed by atoms with van der Waals surface area (Å²) in [5.41, 5.74) is 7.95. The van der Waals surface area contributed by atoms with Crippen LogP contribution >= 0.6 is 0 Å². The van der Waals surface area contributed by atoms with Gasteiger partial charge in [0.05, 0.1) is 33.3 Å². The van der Waals surface area contributed by atoms with Gasteiger partial charge in [-0.05, 0) is 48.5 Å². The van der Waals surface area contributed by atoms with Gasteiger partial charge in [-0.2, -0.15) is 0 Å². The van der Waals surface area contributed by atoms with Crippen molar-refractivity contribution < 1.29 is 0 Å². The summed E-state index contributed by atoms with van der Waals surface area (Å²) >= 11 is 0. The zero-order valence-corrected chi connectivity index (χ0v) is 21.5. The second-order valence-electron chi connectivity index (χ2n) is 10.3.